The maximum atomic E-state index is 13.0. The van der Waals surface area contributed by atoms with E-state index in [1.807, 2.05) is 0 Å². The lowest BCUT2D eigenvalue weighted by Gasteiger charge is -2.33. The minimum absolute atomic E-state index is 0.162. The summed E-state index contributed by atoms with van der Waals surface area (Å²) < 4.78 is 54.7. The third-order valence-electron chi connectivity index (χ3n) is 5.89. The molecule has 0 unspecified atom stereocenters. The van der Waals surface area contributed by atoms with E-state index in [-0.39, 0.29) is 35.2 Å². The molecule has 12 heteroatoms. The summed E-state index contributed by atoms with van der Waals surface area (Å²) in [6.45, 7) is 2.40. The number of pyridine rings is 1. The highest BCUT2D eigenvalue weighted by atomic mass is 19.4. The van der Waals surface area contributed by atoms with Crippen molar-refractivity contribution in [2.75, 3.05) is 41.0 Å². The van der Waals surface area contributed by atoms with Crippen LogP contribution in [0.4, 0.5) is 13.2 Å². The summed E-state index contributed by atoms with van der Waals surface area (Å²) in [5.74, 6) is -0.620. The van der Waals surface area contributed by atoms with Crippen molar-refractivity contribution in [3.63, 3.8) is 0 Å². The zero-order chi connectivity index (χ0) is 26.3. The number of methoxy groups -OCH3 is 3. The van der Waals surface area contributed by atoms with Crippen LogP contribution in [0.15, 0.2) is 53.6 Å². The van der Waals surface area contributed by atoms with Gasteiger partial charge in [-0.15, -0.1) is 0 Å². The fourth-order valence-corrected chi connectivity index (χ4v) is 3.83. The molecule has 0 radical (unpaired) electrons. The van der Waals surface area contributed by atoms with Gasteiger partial charge in [0.1, 0.15) is 17.1 Å². The molecular weight excluding hydrogens is 479 g/mol. The van der Waals surface area contributed by atoms with E-state index in [9.17, 15) is 18.0 Å². The molecule has 0 spiro atoms. The first kappa shape index (κ1) is 27.4. The van der Waals surface area contributed by atoms with Crippen molar-refractivity contribution < 1.29 is 32.2 Å². The molecule has 2 heterocycles. The number of carbonyl (C=O) groups is 1. The van der Waals surface area contributed by atoms with E-state index in [1.165, 1.54) is 25.3 Å². The van der Waals surface area contributed by atoms with E-state index < -0.39 is 17.8 Å². The number of rotatable bonds is 9. The van der Waals surface area contributed by atoms with E-state index in [0.29, 0.717) is 12.1 Å². The van der Waals surface area contributed by atoms with Gasteiger partial charge in [0.2, 0.25) is 0 Å². The number of hydrogen-bond acceptors (Lipinski definition) is 8. The van der Waals surface area contributed by atoms with E-state index >= 15 is 0 Å². The molecule has 1 saturated heterocycles. The van der Waals surface area contributed by atoms with Crippen LogP contribution >= 0.6 is 0 Å². The van der Waals surface area contributed by atoms with Crippen LogP contribution in [0.25, 0.3) is 0 Å². The number of nitrogens with zero attached hydrogens (tertiary/aromatic N) is 2. The van der Waals surface area contributed by atoms with Gasteiger partial charge in [-0.3, -0.25) is 9.69 Å². The molecule has 9 nitrogen and oxygen atoms in total. The van der Waals surface area contributed by atoms with Crippen LogP contribution in [0.2, 0.25) is 0 Å². The lowest BCUT2D eigenvalue weighted by Crippen LogP contribution is -2.44. The number of aromatic nitrogens is 1. The van der Waals surface area contributed by atoms with Crippen molar-refractivity contribution in [2.24, 2.45) is 0 Å². The number of carbonyl (C=O) groups excluding carboxylic acids is 1. The Morgan fingerprint density at radius 2 is 1.92 bits per heavy atom. The highest BCUT2D eigenvalue weighted by Gasteiger charge is 2.33. The van der Waals surface area contributed by atoms with Crippen molar-refractivity contribution >= 4 is 11.6 Å². The summed E-state index contributed by atoms with van der Waals surface area (Å²) in [5, 5.41) is 14.2. The van der Waals surface area contributed by atoms with E-state index in [1.54, 1.807) is 20.4 Å². The van der Waals surface area contributed by atoms with Gasteiger partial charge in [0, 0.05) is 57.7 Å². The molecule has 0 bridgehead atoms. The van der Waals surface area contributed by atoms with Gasteiger partial charge in [0.25, 0.3) is 5.91 Å². The van der Waals surface area contributed by atoms with Gasteiger partial charge in [-0.2, -0.15) is 13.2 Å². The molecule has 1 aromatic rings. The molecule has 0 aromatic carbocycles. The van der Waals surface area contributed by atoms with Crippen molar-refractivity contribution in [1.82, 2.24) is 20.5 Å². The van der Waals surface area contributed by atoms with Gasteiger partial charge >= 0.3 is 6.18 Å². The quantitative estimate of drug-likeness (QED) is 0.440. The molecule has 0 saturated carbocycles. The van der Waals surface area contributed by atoms with Gasteiger partial charge in [-0.1, -0.05) is 6.07 Å². The molecular formula is C24H30F3N5O4. The van der Waals surface area contributed by atoms with Crippen LogP contribution in [0.5, 0.6) is 0 Å². The predicted molar refractivity (Wildman–Crippen MR) is 126 cm³/mol. The third-order valence-corrected chi connectivity index (χ3v) is 5.89. The fraction of sp³-hybridized carbons (Fsp3) is 0.458. The van der Waals surface area contributed by atoms with E-state index in [0.717, 1.165) is 38.1 Å². The molecule has 0 atom stereocenters. The Balaban J connectivity index is 1.66. The molecule has 1 aliphatic heterocycles. The summed E-state index contributed by atoms with van der Waals surface area (Å²) in [7, 11) is 4.59. The molecule has 196 valence electrons. The zero-order valence-electron chi connectivity index (χ0n) is 20.3. The Labute approximate surface area is 207 Å². The summed E-state index contributed by atoms with van der Waals surface area (Å²) in [5.41, 5.74) is -0.681. The zero-order valence-corrected chi connectivity index (χ0v) is 20.3. The Morgan fingerprint density at radius 3 is 2.53 bits per heavy atom. The van der Waals surface area contributed by atoms with Gasteiger partial charge in [0.15, 0.2) is 6.29 Å². The number of ether oxygens (including phenoxy) is 3. The fourth-order valence-electron chi connectivity index (χ4n) is 3.83. The molecule has 1 amide bonds. The Kier molecular flexibility index (Phi) is 9.24. The number of hydrogen-bond donors (Lipinski definition) is 3. The standard InChI is InChI=1S/C24H30F3N5O4/c1-34-20-12-17(28)15(13-29-16-7-9-32(10-8-16)14-22(35-2)36-3)11-19(20)31-23(33)18-5-4-6-21(30-18)24(25,26)27/h4-6,11-13,16,22,28-29H,7-10,14H2,1-3H3,(H,31,33)/b15-13-,28-17?. The minimum atomic E-state index is -4.67. The lowest BCUT2D eigenvalue weighted by atomic mass is 10.0. The third kappa shape index (κ3) is 7.15. The average Bonchev–Trinajstić information content (AvgIpc) is 2.87. The number of halogens is 3. The predicted octanol–water partition coefficient (Wildman–Crippen LogP) is 2.83. The maximum absolute atomic E-state index is 13.0. The topological polar surface area (TPSA) is 109 Å². The van der Waals surface area contributed by atoms with E-state index in [4.69, 9.17) is 19.6 Å². The van der Waals surface area contributed by atoms with Crippen molar-refractivity contribution in [1.29, 1.82) is 5.41 Å². The van der Waals surface area contributed by atoms with Crippen molar-refractivity contribution in [3.8, 4) is 0 Å². The number of allylic oxidation sites excluding steroid dienone is 3. The second kappa shape index (κ2) is 12.2. The van der Waals surface area contributed by atoms with Crippen molar-refractivity contribution in [2.45, 2.75) is 31.3 Å². The van der Waals surface area contributed by atoms with Crippen LogP contribution in [0, 0.1) is 5.41 Å². The Morgan fingerprint density at radius 1 is 1.22 bits per heavy atom. The van der Waals surface area contributed by atoms with E-state index in [2.05, 4.69) is 20.5 Å². The summed E-state index contributed by atoms with van der Waals surface area (Å²) >= 11 is 0. The Hall–Kier alpha value is -3.22. The number of alkyl halides is 3. The van der Waals surface area contributed by atoms with Gasteiger partial charge in [-0.05, 0) is 31.1 Å². The second-order valence-corrected chi connectivity index (χ2v) is 8.29. The summed E-state index contributed by atoms with van der Waals surface area (Å²) in [6, 6.07) is 3.30. The highest BCUT2D eigenvalue weighted by molar-refractivity contribution is 6.10. The Bertz CT molecular complexity index is 1040. The molecule has 1 fully saturated rings. The average molecular weight is 510 g/mol. The smallest absolute Gasteiger partial charge is 0.433 e. The van der Waals surface area contributed by atoms with Crippen LogP contribution in [-0.2, 0) is 20.4 Å². The molecule has 1 aromatic heterocycles. The largest absolute Gasteiger partial charge is 0.494 e. The first-order chi connectivity index (χ1) is 17.1. The molecule has 1 aliphatic carbocycles. The van der Waals surface area contributed by atoms with Gasteiger partial charge in [0.05, 0.1) is 18.5 Å². The van der Waals surface area contributed by atoms with Gasteiger partial charge in [-0.25, -0.2) is 4.98 Å². The number of nitrogens with one attached hydrogen (secondary N) is 3. The highest BCUT2D eigenvalue weighted by Crippen LogP contribution is 2.27. The molecule has 2 aliphatic rings. The number of likely N-dealkylation sites (tertiary alicyclic amines) is 1. The lowest BCUT2D eigenvalue weighted by molar-refractivity contribution is -0.141. The number of piperidine rings is 1. The molecule has 3 rings (SSSR count). The first-order valence-corrected chi connectivity index (χ1v) is 11.3. The minimum Gasteiger partial charge on any atom is -0.494 e. The number of amides is 1. The van der Waals surface area contributed by atoms with Crippen LogP contribution in [-0.4, -0.2) is 74.8 Å². The normalized spacial score (nSPS) is 18.8. The SMILES string of the molecule is COC1=CC(=N)/C(=C\NC2CCN(CC(OC)OC)CC2)C=C1NC(=O)c1cccc(C(F)(F)F)n1. The molecule has 36 heavy (non-hydrogen) atoms. The van der Waals surface area contributed by atoms with Gasteiger partial charge < -0.3 is 30.3 Å². The van der Waals surface area contributed by atoms with Crippen LogP contribution in [0.3, 0.4) is 0 Å². The molecule has 3 N–H and O–H groups in total. The van der Waals surface area contributed by atoms with Crippen molar-refractivity contribution in [3.05, 3.63) is 65.0 Å². The second-order valence-electron chi connectivity index (χ2n) is 8.29. The first-order valence-electron chi connectivity index (χ1n) is 11.3. The van der Waals surface area contributed by atoms with Crippen LogP contribution < -0.4 is 10.6 Å². The monoisotopic (exact) mass is 509 g/mol. The maximum Gasteiger partial charge on any atom is 0.433 e. The summed E-state index contributed by atoms with van der Waals surface area (Å²) in [6.07, 6.45) is 1.49. The summed E-state index contributed by atoms with van der Waals surface area (Å²) in [4.78, 5) is 18.3. The van der Waals surface area contributed by atoms with Crippen LogP contribution in [0.1, 0.15) is 29.0 Å².